The van der Waals surface area contributed by atoms with Gasteiger partial charge in [0.2, 0.25) is 0 Å². The Morgan fingerprint density at radius 1 is 1.21 bits per heavy atom. The van der Waals surface area contributed by atoms with Gasteiger partial charge >= 0.3 is 6.18 Å². The van der Waals surface area contributed by atoms with E-state index < -0.39 is 17.2 Å². The summed E-state index contributed by atoms with van der Waals surface area (Å²) in [4.78, 5) is 9.29. The Hall–Kier alpha value is -0.0300. The quantitative estimate of drug-likeness (QED) is 0.596. The smallest absolute Gasteiger partial charge is 0.354 e. The first-order valence-electron chi connectivity index (χ1n) is 3.44. The van der Waals surface area contributed by atoms with Crippen LogP contribution < -0.4 is 5.30 Å². The highest BCUT2D eigenvalue weighted by Gasteiger charge is 2.30. The van der Waals surface area contributed by atoms with E-state index in [0.29, 0.717) is 0 Å². The highest BCUT2D eigenvalue weighted by atomic mass is 32.9. The van der Waals surface area contributed by atoms with Crippen LogP contribution in [0.3, 0.4) is 0 Å². The Labute approximate surface area is 89.2 Å². The molecule has 1 aromatic rings. The van der Waals surface area contributed by atoms with Crippen molar-refractivity contribution in [2.24, 2.45) is 0 Å². The SMILES string of the molecule is OP(=S)(S)c1ccc(C(F)(F)F)cc1. The molecule has 0 heterocycles. The summed E-state index contributed by atoms with van der Waals surface area (Å²) in [5, 5.41) is 0.254. The van der Waals surface area contributed by atoms with Crippen molar-refractivity contribution in [3.8, 4) is 0 Å². The normalized spacial score (nSPS) is 16.4. The molecule has 0 radical (unpaired) electrons. The molecule has 1 atom stereocenters. The zero-order valence-electron chi connectivity index (χ0n) is 6.69. The highest BCUT2D eigenvalue weighted by Crippen LogP contribution is 2.44. The fourth-order valence-corrected chi connectivity index (χ4v) is 2.15. The Balaban J connectivity index is 3.08. The van der Waals surface area contributed by atoms with Crippen molar-refractivity contribution in [3.05, 3.63) is 29.8 Å². The third-order valence-corrected chi connectivity index (χ3v) is 3.83. The zero-order valence-corrected chi connectivity index (χ0v) is 9.30. The molecule has 0 aliphatic heterocycles. The molecule has 0 bridgehead atoms. The number of hydrogen-bond acceptors (Lipinski definition) is 1. The topological polar surface area (TPSA) is 20.2 Å². The molecule has 78 valence electrons. The summed E-state index contributed by atoms with van der Waals surface area (Å²) in [6, 6.07) is 4.05. The molecule has 1 N–H and O–H groups in total. The molecular weight excluding hydrogens is 252 g/mol. The molecule has 1 rings (SSSR count). The molecule has 7 heteroatoms. The van der Waals surface area contributed by atoms with Gasteiger partial charge in [-0.1, -0.05) is 23.9 Å². The Bertz CT molecular complexity index is 368. The first-order chi connectivity index (χ1) is 6.21. The molecule has 0 aliphatic carbocycles. The second kappa shape index (κ2) is 3.85. The lowest BCUT2D eigenvalue weighted by atomic mass is 10.2. The van der Waals surface area contributed by atoms with Crippen LogP contribution >= 0.6 is 17.7 Å². The highest BCUT2D eigenvalue weighted by molar-refractivity contribution is 8.63. The number of benzene rings is 1. The Morgan fingerprint density at radius 2 is 1.64 bits per heavy atom. The number of alkyl halides is 3. The van der Waals surface area contributed by atoms with Crippen molar-refractivity contribution in [2.45, 2.75) is 6.18 Å². The second-order valence-corrected chi connectivity index (χ2v) is 8.33. The van der Waals surface area contributed by atoms with E-state index in [4.69, 9.17) is 0 Å². The first-order valence-corrected chi connectivity index (χ1v) is 7.35. The van der Waals surface area contributed by atoms with E-state index in [1.807, 2.05) is 0 Å². The summed E-state index contributed by atoms with van der Waals surface area (Å²) >= 11 is 8.39. The molecule has 0 amide bonds. The van der Waals surface area contributed by atoms with Crippen molar-refractivity contribution in [2.75, 3.05) is 0 Å². The number of rotatable bonds is 1. The molecule has 0 fully saturated rings. The predicted molar refractivity (Wildman–Crippen MR) is 56.6 cm³/mol. The van der Waals surface area contributed by atoms with Gasteiger partial charge in [0.25, 0.3) is 0 Å². The van der Waals surface area contributed by atoms with Crippen LogP contribution in [0.1, 0.15) is 5.56 Å². The average Bonchev–Trinajstić information content (AvgIpc) is 2.01. The summed E-state index contributed by atoms with van der Waals surface area (Å²) in [5.74, 6) is 0. The van der Waals surface area contributed by atoms with Crippen molar-refractivity contribution in [1.29, 1.82) is 0 Å². The van der Waals surface area contributed by atoms with Crippen LogP contribution in [0.5, 0.6) is 0 Å². The average molecular weight is 258 g/mol. The van der Waals surface area contributed by atoms with Gasteiger partial charge in [0.15, 0.2) is 0 Å². The minimum Gasteiger partial charge on any atom is -0.354 e. The van der Waals surface area contributed by atoms with Crippen LogP contribution in [0.25, 0.3) is 0 Å². The van der Waals surface area contributed by atoms with E-state index in [1.54, 1.807) is 0 Å². The van der Waals surface area contributed by atoms with Crippen molar-refractivity contribution in [1.82, 2.24) is 0 Å². The molecule has 1 nitrogen and oxygen atoms in total. The molecule has 14 heavy (non-hydrogen) atoms. The van der Waals surface area contributed by atoms with Gasteiger partial charge < -0.3 is 4.89 Å². The second-order valence-electron chi connectivity index (χ2n) is 2.59. The molecule has 0 aliphatic rings. The third-order valence-electron chi connectivity index (χ3n) is 1.53. The van der Waals surface area contributed by atoms with E-state index in [0.717, 1.165) is 24.3 Å². The van der Waals surface area contributed by atoms with Gasteiger partial charge in [0.1, 0.15) is 5.47 Å². The maximum Gasteiger partial charge on any atom is 0.416 e. The van der Waals surface area contributed by atoms with Crippen molar-refractivity contribution in [3.63, 3.8) is 0 Å². The molecule has 0 aromatic heterocycles. The van der Waals surface area contributed by atoms with Crippen molar-refractivity contribution < 1.29 is 18.1 Å². The first kappa shape index (κ1) is 12.0. The van der Waals surface area contributed by atoms with Crippen LogP contribution in [0.2, 0.25) is 0 Å². The molecule has 1 unspecified atom stereocenters. The fraction of sp³-hybridized carbons (Fsp3) is 0.143. The Kier molecular flexibility index (Phi) is 3.31. The maximum atomic E-state index is 12.1. The lowest BCUT2D eigenvalue weighted by Gasteiger charge is -2.10. The van der Waals surface area contributed by atoms with E-state index in [1.165, 1.54) is 0 Å². The minimum absolute atomic E-state index is 0.254. The zero-order chi connectivity index (χ0) is 11.0. The number of thiol groups is 1. The number of halogens is 3. The van der Waals surface area contributed by atoms with Crippen LogP contribution in [-0.2, 0) is 18.0 Å². The van der Waals surface area contributed by atoms with Crippen molar-refractivity contribution >= 4 is 34.8 Å². The van der Waals surface area contributed by atoms with Crippen LogP contribution in [-0.4, -0.2) is 4.89 Å². The third kappa shape index (κ3) is 2.98. The van der Waals surface area contributed by atoms with E-state index in [9.17, 15) is 18.1 Å². The van der Waals surface area contributed by atoms with Crippen LogP contribution in [0.4, 0.5) is 13.2 Å². The monoisotopic (exact) mass is 258 g/mol. The molecule has 0 saturated carbocycles. The fourth-order valence-electron chi connectivity index (χ4n) is 0.845. The number of hydrogen-bond donors (Lipinski definition) is 2. The summed E-state index contributed by atoms with van der Waals surface area (Å²) in [7, 11) is 0. The van der Waals surface area contributed by atoms with Gasteiger partial charge in [-0.3, -0.25) is 0 Å². The largest absolute Gasteiger partial charge is 0.416 e. The molecular formula is C7H6F3OPS2. The van der Waals surface area contributed by atoms with Gasteiger partial charge in [-0.15, -0.1) is 12.2 Å². The standard InChI is InChI=1S/C7H6F3OPS2/c8-7(9,10)5-1-3-6(4-2-5)12(11,13)14/h1-4H,(H2,11,13,14). The van der Waals surface area contributed by atoms with E-state index in [2.05, 4.69) is 24.1 Å². The molecule has 1 aromatic carbocycles. The van der Waals surface area contributed by atoms with Gasteiger partial charge in [0.05, 0.1) is 5.56 Å². The Morgan fingerprint density at radius 3 is 1.93 bits per heavy atom. The maximum absolute atomic E-state index is 12.1. The summed E-state index contributed by atoms with van der Waals surface area (Å²) in [6.07, 6.45) is -4.37. The summed E-state index contributed by atoms with van der Waals surface area (Å²) in [5.41, 5.74) is -3.70. The molecule has 0 spiro atoms. The van der Waals surface area contributed by atoms with Gasteiger partial charge in [-0.2, -0.15) is 13.2 Å². The van der Waals surface area contributed by atoms with Crippen LogP contribution in [0, 0.1) is 0 Å². The minimum atomic E-state index is -4.37. The van der Waals surface area contributed by atoms with Gasteiger partial charge in [-0.25, -0.2) is 0 Å². The predicted octanol–water partition coefficient (Wildman–Crippen LogP) is 2.56. The van der Waals surface area contributed by atoms with E-state index >= 15 is 0 Å². The van der Waals surface area contributed by atoms with Gasteiger partial charge in [0, 0.05) is 5.30 Å². The van der Waals surface area contributed by atoms with Gasteiger partial charge in [-0.05, 0) is 12.1 Å². The van der Waals surface area contributed by atoms with Crippen LogP contribution in [0.15, 0.2) is 24.3 Å². The van der Waals surface area contributed by atoms with E-state index in [-0.39, 0.29) is 5.30 Å². The summed E-state index contributed by atoms with van der Waals surface area (Å²) in [6.45, 7) is 0. The lowest BCUT2D eigenvalue weighted by Crippen LogP contribution is -2.07. The summed E-state index contributed by atoms with van der Waals surface area (Å²) < 4.78 is 36.4. The molecule has 0 saturated heterocycles. The lowest BCUT2D eigenvalue weighted by molar-refractivity contribution is -0.137.